The number of carbonyl (C=O) groups is 2. The first-order valence-corrected chi connectivity index (χ1v) is 11.1. The van der Waals surface area contributed by atoms with E-state index in [1.165, 1.54) is 5.56 Å². The largest absolute Gasteiger partial charge is 0.497 e. The van der Waals surface area contributed by atoms with Gasteiger partial charge < -0.3 is 19.7 Å². The number of methoxy groups -OCH3 is 1. The van der Waals surface area contributed by atoms with Crippen molar-refractivity contribution in [3.05, 3.63) is 59.7 Å². The van der Waals surface area contributed by atoms with Crippen LogP contribution in [0.2, 0.25) is 0 Å². The third-order valence-corrected chi connectivity index (χ3v) is 5.29. The number of carbonyl (C=O) groups excluding carboxylic acids is 2. The van der Waals surface area contributed by atoms with Gasteiger partial charge in [0.15, 0.2) is 6.61 Å². The molecule has 0 fully saturated rings. The zero-order valence-corrected chi connectivity index (χ0v) is 20.1. The van der Waals surface area contributed by atoms with Gasteiger partial charge in [0.05, 0.1) is 7.11 Å². The van der Waals surface area contributed by atoms with E-state index >= 15 is 0 Å². The zero-order chi connectivity index (χ0) is 23.7. The molecule has 0 aliphatic rings. The first kappa shape index (κ1) is 25.2. The standard InChI is InChI=1S/C26H36N2O4/c1-7-15-27-25(30)19(2)28(17-20-9-8-10-23(16-20)31-6)24(29)18-32-22-13-11-21(12-14-22)26(3,4)5/h8-14,16,19H,7,15,17-18H2,1-6H3,(H,27,30)/t19-/m1/s1. The Bertz CT molecular complexity index is 887. The normalized spacial score (nSPS) is 12.1. The van der Waals surface area contributed by atoms with Crippen molar-refractivity contribution >= 4 is 11.8 Å². The van der Waals surface area contributed by atoms with Crippen molar-refractivity contribution in [1.29, 1.82) is 0 Å². The predicted octanol–water partition coefficient (Wildman–Crippen LogP) is 4.32. The van der Waals surface area contributed by atoms with E-state index in [1.54, 1.807) is 18.9 Å². The van der Waals surface area contributed by atoms with Crippen molar-refractivity contribution in [2.24, 2.45) is 0 Å². The van der Waals surface area contributed by atoms with E-state index in [4.69, 9.17) is 9.47 Å². The number of ether oxygens (including phenoxy) is 2. The van der Waals surface area contributed by atoms with Crippen molar-refractivity contribution in [1.82, 2.24) is 10.2 Å². The van der Waals surface area contributed by atoms with Crippen LogP contribution in [0.1, 0.15) is 52.2 Å². The van der Waals surface area contributed by atoms with E-state index < -0.39 is 6.04 Å². The van der Waals surface area contributed by atoms with Gasteiger partial charge in [-0.1, -0.05) is 52.0 Å². The lowest BCUT2D eigenvalue weighted by Gasteiger charge is -2.29. The average molecular weight is 441 g/mol. The molecule has 6 nitrogen and oxygen atoms in total. The Labute approximate surface area is 191 Å². The van der Waals surface area contributed by atoms with Crippen LogP contribution in [0.25, 0.3) is 0 Å². The Balaban J connectivity index is 2.14. The molecule has 0 aliphatic heterocycles. The highest BCUT2D eigenvalue weighted by molar-refractivity contribution is 5.87. The van der Waals surface area contributed by atoms with Gasteiger partial charge in [0, 0.05) is 13.1 Å². The maximum absolute atomic E-state index is 13.1. The van der Waals surface area contributed by atoms with Crippen molar-refractivity contribution in [2.75, 3.05) is 20.3 Å². The topological polar surface area (TPSA) is 67.9 Å². The zero-order valence-electron chi connectivity index (χ0n) is 20.1. The molecule has 2 rings (SSSR count). The minimum absolute atomic E-state index is 0.0448. The summed E-state index contributed by atoms with van der Waals surface area (Å²) in [6.07, 6.45) is 0.829. The maximum Gasteiger partial charge on any atom is 0.261 e. The van der Waals surface area contributed by atoms with Gasteiger partial charge in [0.1, 0.15) is 17.5 Å². The van der Waals surface area contributed by atoms with Crippen LogP contribution in [0.15, 0.2) is 48.5 Å². The fourth-order valence-corrected chi connectivity index (χ4v) is 3.23. The van der Waals surface area contributed by atoms with Crippen molar-refractivity contribution in [2.45, 2.75) is 59.0 Å². The second-order valence-electron chi connectivity index (χ2n) is 8.90. The van der Waals surface area contributed by atoms with Gasteiger partial charge in [-0.05, 0) is 54.2 Å². The number of nitrogens with one attached hydrogen (secondary N) is 1. The molecule has 1 N–H and O–H groups in total. The molecule has 0 saturated heterocycles. The van der Waals surface area contributed by atoms with E-state index in [1.807, 2.05) is 55.5 Å². The third kappa shape index (κ3) is 7.29. The number of hydrogen-bond acceptors (Lipinski definition) is 4. The maximum atomic E-state index is 13.1. The van der Waals surface area contributed by atoms with Crippen molar-refractivity contribution in [3.63, 3.8) is 0 Å². The predicted molar refractivity (Wildman–Crippen MR) is 127 cm³/mol. The highest BCUT2D eigenvalue weighted by atomic mass is 16.5. The molecule has 1 atom stereocenters. The van der Waals surface area contributed by atoms with Crippen LogP contribution in [-0.4, -0.2) is 43.0 Å². The van der Waals surface area contributed by atoms with Crippen LogP contribution in [0, 0.1) is 0 Å². The van der Waals surface area contributed by atoms with Gasteiger partial charge in [-0.3, -0.25) is 9.59 Å². The van der Waals surface area contributed by atoms with E-state index in [2.05, 4.69) is 26.1 Å². The van der Waals surface area contributed by atoms with E-state index in [9.17, 15) is 9.59 Å². The summed E-state index contributed by atoms with van der Waals surface area (Å²) >= 11 is 0. The van der Waals surface area contributed by atoms with Gasteiger partial charge in [-0.2, -0.15) is 0 Å². The highest BCUT2D eigenvalue weighted by Gasteiger charge is 2.26. The van der Waals surface area contributed by atoms with E-state index in [0.717, 1.165) is 12.0 Å². The molecule has 2 amide bonds. The molecule has 0 aromatic heterocycles. The highest BCUT2D eigenvalue weighted by Crippen LogP contribution is 2.24. The quantitative estimate of drug-likeness (QED) is 0.598. The van der Waals surface area contributed by atoms with Crippen LogP contribution in [0.3, 0.4) is 0 Å². The fourth-order valence-electron chi connectivity index (χ4n) is 3.23. The first-order valence-electron chi connectivity index (χ1n) is 11.1. The Morgan fingerprint density at radius 3 is 2.34 bits per heavy atom. The minimum atomic E-state index is -0.632. The molecular formula is C26H36N2O4. The summed E-state index contributed by atoms with van der Waals surface area (Å²) in [6, 6.07) is 14.6. The summed E-state index contributed by atoms with van der Waals surface area (Å²) in [5.74, 6) is 0.883. The number of rotatable bonds is 10. The molecule has 174 valence electrons. The number of hydrogen-bond donors (Lipinski definition) is 1. The minimum Gasteiger partial charge on any atom is -0.497 e. The lowest BCUT2D eigenvalue weighted by atomic mass is 9.87. The Hall–Kier alpha value is -3.02. The third-order valence-electron chi connectivity index (χ3n) is 5.29. The molecule has 0 unspecified atom stereocenters. The van der Waals surface area contributed by atoms with Crippen LogP contribution < -0.4 is 14.8 Å². The number of nitrogens with zero attached hydrogens (tertiary/aromatic N) is 1. The Morgan fingerprint density at radius 1 is 1.06 bits per heavy atom. The molecule has 0 heterocycles. The molecule has 0 aliphatic carbocycles. The Kier molecular flexibility index (Phi) is 9.12. The molecular weight excluding hydrogens is 404 g/mol. The van der Waals surface area contributed by atoms with Crippen molar-refractivity contribution in [3.8, 4) is 11.5 Å². The SMILES string of the molecule is CCCNC(=O)[C@@H](C)N(Cc1cccc(OC)c1)C(=O)COc1ccc(C(C)(C)C)cc1. The van der Waals surface area contributed by atoms with E-state index in [0.29, 0.717) is 18.0 Å². The van der Waals surface area contributed by atoms with Gasteiger partial charge >= 0.3 is 0 Å². The number of benzene rings is 2. The second kappa shape index (κ2) is 11.6. The van der Waals surface area contributed by atoms with Crippen LogP contribution in [0.4, 0.5) is 0 Å². The van der Waals surface area contributed by atoms with Gasteiger partial charge in [-0.25, -0.2) is 0 Å². The molecule has 2 aromatic rings. The molecule has 32 heavy (non-hydrogen) atoms. The smallest absolute Gasteiger partial charge is 0.261 e. The average Bonchev–Trinajstić information content (AvgIpc) is 2.78. The molecule has 0 radical (unpaired) electrons. The lowest BCUT2D eigenvalue weighted by Crippen LogP contribution is -2.49. The summed E-state index contributed by atoms with van der Waals surface area (Å²) in [7, 11) is 1.60. The fraction of sp³-hybridized carbons (Fsp3) is 0.462. The van der Waals surface area contributed by atoms with Gasteiger partial charge in [0.25, 0.3) is 5.91 Å². The van der Waals surface area contributed by atoms with Gasteiger partial charge in [-0.15, -0.1) is 0 Å². The molecule has 2 aromatic carbocycles. The summed E-state index contributed by atoms with van der Waals surface area (Å²) in [6.45, 7) is 10.9. The van der Waals surface area contributed by atoms with Gasteiger partial charge in [0.2, 0.25) is 5.91 Å². The number of amides is 2. The molecule has 0 spiro atoms. The summed E-state index contributed by atoms with van der Waals surface area (Å²) < 4.78 is 11.1. The summed E-state index contributed by atoms with van der Waals surface area (Å²) in [5.41, 5.74) is 2.11. The molecule has 0 bridgehead atoms. The molecule has 0 saturated carbocycles. The first-order chi connectivity index (χ1) is 15.2. The van der Waals surface area contributed by atoms with Crippen LogP contribution in [-0.2, 0) is 21.5 Å². The lowest BCUT2D eigenvalue weighted by molar-refractivity contribution is -0.142. The monoisotopic (exact) mass is 440 g/mol. The van der Waals surface area contributed by atoms with E-state index in [-0.39, 0.29) is 30.4 Å². The van der Waals surface area contributed by atoms with Crippen LogP contribution in [0.5, 0.6) is 11.5 Å². The molecule has 6 heteroatoms. The summed E-state index contributed by atoms with van der Waals surface area (Å²) in [4.78, 5) is 27.3. The summed E-state index contributed by atoms with van der Waals surface area (Å²) in [5, 5.41) is 2.87. The second-order valence-corrected chi connectivity index (χ2v) is 8.90. The Morgan fingerprint density at radius 2 is 1.75 bits per heavy atom. The van der Waals surface area contributed by atoms with Crippen molar-refractivity contribution < 1.29 is 19.1 Å². The van der Waals surface area contributed by atoms with Crippen LogP contribution >= 0.6 is 0 Å².